The van der Waals surface area contributed by atoms with Crippen LogP contribution in [0.4, 0.5) is 0 Å². The minimum Gasteiger partial charge on any atom is -0.409 e. The van der Waals surface area contributed by atoms with Gasteiger partial charge in [0.1, 0.15) is 0 Å². The van der Waals surface area contributed by atoms with E-state index in [4.69, 9.17) is 10.9 Å². The van der Waals surface area contributed by atoms with E-state index in [-0.39, 0.29) is 11.7 Å². The van der Waals surface area contributed by atoms with Crippen molar-refractivity contribution >= 4 is 11.7 Å². The Balaban J connectivity index is 2.54. The Morgan fingerprint density at radius 2 is 2.00 bits per heavy atom. The summed E-state index contributed by atoms with van der Waals surface area (Å²) in [6.45, 7) is 3.25. The van der Waals surface area contributed by atoms with Crippen LogP contribution >= 0.6 is 0 Å². The lowest BCUT2D eigenvalue weighted by atomic mass is 10.1. The van der Waals surface area contributed by atoms with Crippen molar-refractivity contribution in [1.29, 1.82) is 0 Å². The number of carbonyl (C=O) groups is 1. The topological polar surface area (TPSA) is 78.9 Å². The molecule has 0 saturated carbocycles. The van der Waals surface area contributed by atoms with Gasteiger partial charge in [0.25, 0.3) is 0 Å². The fourth-order valence-electron chi connectivity index (χ4n) is 1.60. The molecule has 1 rings (SSSR count). The van der Waals surface area contributed by atoms with Crippen LogP contribution in [-0.2, 0) is 4.79 Å². The Bertz CT molecular complexity index is 234. The zero-order valence-electron chi connectivity index (χ0n) is 8.44. The second kappa shape index (κ2) is 4.83. The fraction of sp³-hybridized carbons (Fsp3) is 0.778. The lowest BCUT2D eigenvalue weighted by Crippen LogP contribution is -2.43. The van der Waals surface area contributed by atoms with Gasteiger partial charge < -0.3 is 15.8 Å². The molecular formula is C9H17N3O2. The number of amidine groups is 1. The smallest absolute Gasteiger partial charge is 0.233 e. The minimum atomic E-state index is -0.516. The Morgan fingerprint density at radius 1 is 1.43 bits per heavy atom. The van der Waals surface area contributed by atoms with E-state index in [1.54, 1.807) is 11.8 Å². The molecule has 0 radical (unpaired) electrons. The van der Waals surface area contributed by atoms with Crippen LogP contribution in [0.2, 0.25) is 0 Å². The minimum absolute atomic E-state index is 0.0134. The highest BCUT2D eigenvalue weighted by Gasteiger charge is 2.24. The molecule has 0 bridgehead atoms. The molecule has 80 valence electrons. The first-order valence-electron chi connectivity index (χ1n) is 4.93. The van der Waals surface area contributed by atoms with Crippen LogP contribution in [0.25, 0.3) is 0 Å². The molecule has 1 atom stereocenters. The van der Waals surface area contributed by atoms with Gasteiger partial charge in [0.2, 0.25) is 5.91 Å². The van der Waals surface area contributed by atoms with E-state index in [1.807, 2.05) is 0 Å². The summed E-state index contributed by atoms with van der Waals surface area (Å²) in [5.41, 5.74) is 5.38. The van der Waals surface area contributed by atoms with E-state index in [1.165, 1.54) is 6.42 Å². The largest absolute Gasteiger partial charge is 0.409 e. The molecular weight excluding hydrogens is 182 g/mol. The first-order valence-corrected chi connectivity index (χ1v) is 4.93. The average Bonchev–Trinajstić information content (AvgIpc) is 2.27. The molecule has 0 aliphatic carbocycles. The van der Waals surface area contributed by atoms with Crippen molar-refractivity contribution in [2.24, 2.45) is 16.8 Å². The summed E-state index contributed by atoms with van der Waals surface area (Å²) in [7, 11) is 0. The Hall–Kier alpha value is -1.26. The Morgan fingerprint density at radius 3 is 2.50 bits per heavy atom. The van der Waals surface area contributed by atoms with Crippen LogP contribution in [0.5, 0.6) is 0 Å². The summed E-state index contributed by atoms with van der Waals surface area (Å²) in [5, 5.41) is 11.3. The van der Waals surface area contributed by atoms with Crippen LogP contribution in [0.3, 0.4) is 0 Å². The van der Waals surface area contributed by atoms with Gasteiger partial charge in [0, 0.05) is 13.1 Å². The number of nitrogens with two attached hydrogens (primary N) is 1. The van der Waals surface area contributed by atoms with Crippen molar-refractivity contribution in [2.75, 3.05) is 13.1 Å². The van der Waals surface area contributed by atoms with E-state index < -0.39 is 5.92 Å². The summed E-state index contributed by atoms with van der Waals surface area (Å²) < 4.78 is 0. The maximum atomic E-state index is 11.8. The van der Waals surface area contributed by atoms with Crippen LogP contribution in [0, 0.1) is 5.92 Å². The van der Waals surface area contributed by atoms with E-state index in [0.717, 1.165) is 25.9 Å². The molecule has 1 saturated heterocycles. The highest BCUT2D eigenvalue weighted by molar-refractivity contribution is 6.01. The molecule has 1 heterocycles. The summed E-state index contributed by atoms with van der Waals surface area (Å²) in [6.07, 6.45) is 3.28. The number of amides is 1. The third kappa shape index (κ3) is 2.37. The molecule has 1 amide bonds. The predicted octanol–water partition coefficient (Wildman–Crippen LogP) is 0.381. The molecule has 0 aromatic rings. The van der Waals surface area contributed by atoms with E-state index in [0.29, 0.717) is 0 Å². The molecule has 3 N–H and O–H groups in total. The van der Waals surface area contributed by atoms with Gasteiger partial charge in [-0.3, -0.25) is 4.79 Å². The van der Waals surface area contributed by atoms with Crippen LogP contribution in [-0.4, -0.2) is 34.9 Å². The van der Waals surface area contributed by atoms with E-state index in [9.17, 15) is 4.79 Å². The zero-order valence-corrected chi connectivity index (χ0v) is 8.44. The van der Waals surface area contributed by atoms with Crippen LogP contribution in [0.1, 0.15) is 26.2 Å². The van der Waals surface area contributed by atoms with Gasteiger partial charge in [-0.2, -0.15) is 0 Å². The summed E-state index contributed by atoms with van der Waals surface area (Å²) in [6, 6.07) is 0. The molecule has 0 aromatic carbocycles. The second-order valence-electron chi connectivity index (χ2n) is 3.63. The molecule has 5 nitrogen and oxygen atoms in total. The fourth-order valence-corrected chi connectivity index (χ4v) is 1.60. The van der Waals surface area contributed by atoms with Gasteiger partial charge in [0.15, 0.2) is 5.84 Å². The predicted molar refractivity (Wildman–Crippen MR) is 53.0 cm³/mol. The zero-order chi connectivity index (χ0) is 10.6. The molecule has 0 aromatic heterocycles. The molecule has 1 aliphatic heterocycles. The molecule has 1 fully saturated rings. The van der Waals surface area contributed by atoms with Crippen molar-refractivity contribution in [3.8, 4) is 0 Å². The monoisotopic (exact) mass is 199 g/mol. The van der Waals surface area contributed by atoms with E-state index >= 15 is 0 Å². The highest BCUT2D eigenvalue weighted by atomic mass is 16.4. The van der Waals surface area contributed by atoms with Gasteiger partial charge in [-0.05, 0) is 26.2 Å². The van der Waals surface area contributed by atoms with Crippen LogP contribution < -0.4 is 5.73 Å². The average molecular weight is 199 g/mol. The second-order valence-corrected chi connectivity index (χ2v) is 3.63. The molecule has 1 unspecified atom stereocenters. The first-order chi connectivity index (χ1) is 6.66. The number of hydrogen-bond donors (Lipinski definition) is 2. The number of carbonyl (C=O) groups excluding carboxylic acids is 1. The third-order valence-corrected chi connectivity index (χ3v) is 2.60. The van der Waals surface area contributed by atoms with Gasteiger partial charge in [0.05, 0.1) is 5.92 Å². The molecule has 0 spiro atoms. The van der Waals surface area contributed by atoms with E-state index in [2.05, 4.69) is 5.16 Å². The standard InChI is InChI=1S/C9H17N3O2/c1-7(8(10)11-14)9(13)12-5-3-2-4-6-12/h7,14H,2-6H2,1H3,(H2,10,11). The maximum absolute atomic E-state index is 11.8. The Labute approximate surface area is 83.6 Å². The lowest BCUT2D eigenvalue weighted by Gasteiger charge is -2.28. The number of rotatable bonds is 2. The number of oxime groups is 1. The number of hydrogen-bond acceptors (Lipinski definition) is 3. The SMILES string of the molecule is CC(C(=O)N1CCCCC1)/C(N)=N/O. The molecule has 5 heteroatoms. The summed E-state index contributed by atoms with van der Waals surface area (Å²) >= 11 is 0. The van der Waals surface area contributed by atoms with Crippen molar-refractivity contribution in [3.05, 3.63) is 0 Å². The summed E-state index contributed by atoms with van der Waals surface area (Å²) in [5.74, 6) is -0.571. The van der Waals surface area contributed by atoms with Crippen molar-refractivity contribution < 1.29 is 10.0 Å². The van der Waals surface area contributed by atoms with Crippen molar-refractivity contribution in [1.82, 2.24) is 4.90 Å². The van der Waals surface area contributed by atoms with Gasteiger partial charge >= 0.3 is 0 Å². The van der Waals surface area contributed by atoms with Gasteiger partial charge in [-0.15, -0.1) is 0 Å². The first kappa shape index (κ1) is 10.8. The number of likely N-dealkylation sites (tertiary alicyclic amines) is 1. The van der Waals surface area contributed by atoms with Gasteiger partial charge in [-0.25, -0.2) is 0 Å². The molecule has 14 heavy (non-hydrogen) atoms. The third-order valence-electron chi connectivity index (χ3n) is 2.60. The molecule has 1 aliphatic rings. The Kier molecular flexibility index (Phi) is 3.73. The number of piperidine rings is 1. The van der Waals surface area contributed by atoms with Gasteiger partial charge in [-0.1, -0.05) is 5.16 Å². The van der Waals surface area contributed by atoms with Crippen molar-refractivity contribution in [3.63, 3.8) is 0 Å². The highest BCUT2D eigenvalue weighted by Crippen LogP contribution is 2.12. The summed E-state index contributed by atoms with van der Waals surface area (Å²) in [4.78, 5) is 13.5. The normalized spacial score (nSPS) is 20.6. The maximum Gasteiger partial charge on any atom is 0.233 e. The van der Waals surface area contributed by atoms with Crippen molar-refractivity contribution in [2.45, 2.75) is 26.2 Å². The quantitative estimate of drug-likeness (QED) is 0.292. The lowest BCUT2D eigenvalue weighted by molar-refractivity contribution is -0.133. The number of nitrogens with zero attached hydrogens (tertiary/aromatic N) is 2. The van der Waals surface area contributed by atoms with Crippen LogP contribution in [0.15, 0.2) is 5.16 Å².